The standard InChI is InChI=1S/C29H29NO2/c1-22-12-11-13-23(18-22)19-24(27(31)32-28(2,3)4)20-29(21-30,25-14-7-5-8-15-25)26-16-9-6-10-17-26/h5-19H,20H2,1-4H3/b24-19+. The zero-order chi connectivity index (χ0) is 23.2. The van der Waals surface area contributed by atoms with E-state index in [1.165, 1.54) is 0 Å². The number of aryl methyl sites for hydroxylation is 1. The number of esters is 1. The highest BCUT2D eigenvalue weighted by atomic mass is 16.6. The molecule has 0 spiro atoms. The van der Waals surface area contributed by atoms with Crippen molar-refractivity contribution in [1.82, 2.24) is 0 Å². The molecule has 0 fully saturated rings. The van der Waals surface area contributed by atoms with E-state index in [4.69, 9.17) is 4.74 Å². The first-order chi connectivity index (χ1) is 15.2. The molecule has 0 bridgehead atoms. The van der Waals surface area contributed by atoms with E-state index in [-0.39, 0.29) is 6.42 Å². The van der Waals surface area contributed by atoms with Crippen LogP contribution in [-0.2, 0) is 14.9 Å². The number of benzene rings is 3. The van der Waals surface area contributed by atoms with Crippen molar-refractivity contribution in [1.29, 1.82) is 5.26 Å². The molecule has 0 aromatic heterocycles. The smallest absolute Gasteiger partial charge is 0.334 e. The molecule has 3 aromatic rings. The Labute approximate surface area is 191 Å². The Hall–Kier alpha value is -3.64. The van der Waals surface area contributed by atoms with Crippen LogP contribution in [0.2, 0.25) is 0 Å². The summed E-state index contributed by atoms with van der Waals surface area (Å²) in [7, 11) is 0. The minimum atomic E-state index is -1.03. The van der Waals surface area contributed by atoms with Gasteiger partial charge in [0.05, 0.1) is 6.07 Å². The van der Waals surface area contributed by atoms with Gasteiger partial charge >= 0.3 is 5.97 Å². The first-order valence-electron chi connectivity index (χ1n) is 10.8. The molecule has 3 rings (SSSR count). The number of carbonyl (C=O) groups is 1. The van der Waals surface area contributed by atoms with Gasteiger partial charge in [-0.15, -0.1) is 0 Å². The van der Waals surface area contributed by atoms with Gasteiger partial charge in [-0.1, -0.05) is 90.5 Å². The highest BCUT2D eigenvalue weighted by Gasteiger charge is 2.37. The lowest BCUT2D eigenvalue weighted by atomic mass is 9.71. The molecule has 0 amide bonds. The van der Waals surface area contributed by atoms with Gasteiger partial charge in [0.25, 0.3) is 0 Å². The fraction of sp³-hybridized carbons (Fsp3) is 0.241. The quantitative estimate of drug-likeness (QED) is 0.331. The van der Waals surface area contributed by atoms with Crippen LogP contribution < -0.4 is 0 Å². The number of carbonyl (C=O) groups excluding carboxylic acids is 1. The van der Waals surface area contributed by atoms with Crippen molar-refractivity contribution in [2.45, 2.75) is 45.1 Å². The molecule has 3 heteroatoms. The summed E-state index contributed by atoms with van der Waals surface area (Å²) in [4.78, 5) is 13.3. The molecule has 32 heavy (non-hydrogen) atoms. The molecule has 162 valence electrons. The Morgan fingerprint density at radius 1 is 0.906 bits per heavy atom. The van der Waals surface area contributed by atoms with Gasteiger partial charge in [0.2, 0.25) is 0 Å². The number of nitrogens with zero attached hydrogens (tertiary/aromatic N) is 1. The highest BCUT2D eigenvalue weighted by Crippen LogP contribution is 2.38. The van der Waals surface area contributed by atoms with Gasteiger partial charge < -0.3 is 4.74 Å². The molecule has 0 N–H and O–H groups in total. The third-order valence-corrected chi connectivity index (χ3v) is 5.22. The van der Waals surface area contributed by atoms with Crippen LogP contribution in [0.3, 0.4) is 0 Å². The second kappa shape index (κ2) is 9.66. The predicted molar refractivity (Wildman–Crippen MR) is 129 cm³/mol. The molecule has 0 unspecified atom stereocenters. The van der Waals surface area contributed by atoms with Crippen molar-refractivity contribution in [3.05, 3.63) is 113 Å². The Bertz CT molecular complexity index is 1090. The topological polar surface area (TPSA) is 50.1 Å². The average Bonchev–Trinajstić information content (AvgIpc) is 2.77. The monoisotopic (exact) mass is 423 g/mol. The van der Waals surface area contributed by atoms with E-state index in [0.717, 1.165) is 22.3 Å². The maximum atomic E-state index is 13.3. The summed E-state index contributed by atoms with van der Waals surface area (Å²) in [6.45, 7) is 7.56. The third kappa shape index (κ3) is 5.53. The van der Waals surface area contributed by atoms with Gasteiger partial charge in [0.1, 0.15) is 11.0 Å². The molecule has 0 radical (unpaired) electrons. The summed E-state index contributed by atoms with van der Waals surface area (Å²) in [6, 6.07) is 29.8. The molecule has 3 nitrogen and oxygen atoms in total. The summed E-state index contributed by atoms with van der Waals surface area (Å²) < 4.78 is 5.75. The zero-order valence-electron chi connectivity index (χ0n) is 19.1. The molecule has 0 saturated carbocycles. The van der Waals surface area contributed by atoms with Crippen molar-refractivity contribution in [3.8, 4) is 6.07 Å². The molecule has 0 heterocycles. The lowest BCUT2D eigenvalue weighted by Crippen LogP contribution is -2.31. The summed E-state index contributed by atoms with van der Waals surface area (Å²) >= 11 is 0. The first-order valence-corrected chi connectivity index (χ1v) is 10.8. The van der Waals surface area contributed by atoms with E-state index in [1.807, 2.05) is 119 Å². The van der Waals surface area contributed by atoms with Crippen LogP contribution in [0.25, 0.3) is 6.08 Å². The van der Waals surface area contributed by atoms with Gasteiger partial charge in [-0.05, 0) is 50.5 Å². The summed E-state index contributed by atoms with van der Waals surface area (Å²) in [5.74, 6) is -0.412. The van der Waals surface area contributed by atoms with Crippen LogP contribution in [-0.4, -0.2) is 11.6 Å². The number of rotatable bonds is 6. The molecule has 0 aliphatic carbocycles. The van der Waals surface area contributed by atoms with E-state index in [2.05, 4.69) is 6.07 Å². The van der Waals surface area contributed by atoms with Gasteiger partial charge in [-0.3, -0.25) is 0 Å². The van der Waals surface area contributed by atoms with E-state index >= 15 is 0 Å². The summed E-state index contributed by atoms with van der Waals surface area (Å²) in [6.07, 6.45) is 2.04. The minimum absolute atomic E-state index is 0.195. The zero-order valence-corrected chi connectivity index (χ0v) is 19.1. The Balaban J connectivity index is 2.18. The predicted octanol–water partition coefficient (Wildman–Crippen LogP) is 6.62. The van der Waals surface area contributed by atoms with E-state index in [9.17, 15) is 10.1 Å². The maximum absolute atomic E-state index is 13.3. The first kappa shape index (κ1) is 23.0. The summed E-state index contributed by atoms with van der Waals surface area (Å²) in [5.41, 5.74) is 2.46. The number of hydrogen-bond acceptors (Lipinski definition) is 3. The summed E-state index contributed by atoms with van der Waals surface area (Å²) in [5, 5.41) is 10.5. The fourth-order valence-corrected chi connectivity index (χ4v) is 3.76. The Morgan fingerprint density at radius 2 is 1.47 bits per heavy atom. The maximum Gasteiger partial charge on any atom is 0.334 e. The van der Waals surface area contributed by atoms with Crippen molar-refractivity contribution in [3.63, 3.8) is 0 Å². The van der Waals surface area contributed by atoms with Gasteiger partial charge in [-0.2, -0.15) is 5.26 Å². The van der Waals surface area contributed by atoms with Crippen LogP contribution in [0.1, 0.15) is 49.4 Å². The van der Waals surface area contributed by atoms with Crippen LogP contribution in [0, 0.1) is 18.3 Å². The van der Waals surface area contributed by atoms with Crippen LogP contribution in [0.15, 0.2) is 90.5 Å². The molecular weight excluding hydrogens is 394 g/mol. The number of nitriles is 1. The molecule has 0 atom stereocenters. The molecule has 0 aliphatic rings. The van der Waals surface area contributed by atoms with Crippen LogP contribution >= 0.6 is 0 Å². The Morgan fingerprint density at radius 3 is 1.94 bits per heavy atom. The normalized spacial score (nSPS) is 12.2. The van der Waals surface area contributed by atoms with E-state index < -0.39 is 17.0 Å². The largest absolute Gasteiger partial charge is 0.457 e. The molecular formula is C29H29NO2. The minimum Gasteiger partial charge on any atom is -0.457 e. The lowest BCUT2D eigenvalue weighted by molar-refractivity contribution is -0.150. The second-order valence-electron chi connectivity index (χ2n) is 9.01. The number of hydrogen-bond donors (Lipinski definition) is 0. The SMILES string of the molecule is Cc1cccc(/C=C(\CC(C#N)(c2ccccc2)c2ccccc2)C(=O)OC(C)(C)C)c1. The van der Waals surface area contributed by atoms with Crippen molar-refractivity contribution >= 4 is 12.0 Å². The van der Waals surface area contributed by atoms with Gasteiger partial charge in [0.15, 0.2) is 0 Å². The third-order valence-electron chi connectivity index (χ3n) is 5.22. The molecule has 0 aliphatic heterocycles. The Kier molecular flexibility index (Phi) is 6.95. The van der Waals surface area contributed by atoms with Gasteiger partial charge in [0, 0.05) is 12.0 Å². The van der Waals surface area contributed by atoms with E-state index in [1.54, 1.807) is 0 Å². The highest BCUT2D eigenvalue weighted by molar-refractivity contribution is 5.94. The lowest BCUT2D eigenvalue weighted by Gasteiger charge is -2.30. The van der Waals surface area contributed by atoms with E-state index in [0.29, 0.717) is 5.57 Å². The van der Waals surface area contributed by atoms with Crippen LogP contribution in [0.5, 0.6) is 0 Å². The average molecular weight is 424 g/mol. The fourth-order valence-electron chi connectivity index (χ4n) is 3.76. The van der Waals surface area contributed by atoms with Gasteiger partial charge in [-0.25, -0.2) is 4.79 Å². The van der Waals surface area contributed by atoms with Crippen molar-refractivity contribution in [2.75, 3.05) is 0 Å². The molecule has 3 aromatic carbocycles. The second-order valence-corrected chi connectivity index (χ2v) is 9.01. The van der Waals surface area contributed by atoms with Crippen LogP contribution in [0.4, 0.5) is 0 Å². The molecule has 0 saturated heterocycles. The van der Waals surface area contributed by atoms with Crippen molar-refractivity contribution < 1.29 is 9.53 Å². The van der Waals surface area contributed by atoms with Crippen molar-refractivity contribution in [2.24, 2.45) is 0 Å². The number of ether oxygens (including phenoxy) is 1.